The summed E-state index contributed by atoms with van der Waals surface area (Å²) in [5, 5.41) is 13.0. The van der Waals surface area contributed by atoms with Gasteiger partial charge in [0.2, 0.25) is 0 Å². The van der Waals surface area contributed by atoms with Crippen molar-refractivity contribution in [2.24, 2.45) is 0 Å². The molecule has 2 amide bonds. The number of halogens is 1. The Morgan fingerprint density at radius 2 is 1.86 bits per heavy atom. The van der Waals surface area contributed by atoms with E-state index in [1.165, 1.54) is 12.1 Å². The van der Waals surface area contributed by atoms with Gasteiger partial charge in [-0.15, -0.1) is 0 Å². The Bertz CT molecular complexity index is 1260. The van der Waals surface area contributed by atoms with Crippen molar-refractivity contribution < 1.29 is 14.3 Å². The summed E-state index contributed by atoms with van der Waals surface area (Å²) >= 11 is 0. The molecule has 3 aromatic rings. The van der Waals surface area contributed by atoms with Crippen LogP contribution in [0, 0.1) is 17.7 Å². The zero-order chi connectivity index (χ0) is 24.9. The van der Waals surface area contributed by atoms with Crippen molar-refractivity contribution >= 4 is 11.7 Å². The zero-order valence-corrected chi connectivity index (χ0v) is 20.0. The lowest BCUT2D eigenvalue weighted by Crippen LogP contribution is -2.68. The first-order valence-corrected chi connectivity index (χ1v) is 12.3. The van der Waals surface area contributed by atoms with Gasteiger partial charge in [-0.3, -0.25) is 9.88 Å². The molecule has 184 valence electrons. The van der Waals surface area contributed by atoms with E-state index < -0.39 is 0 Å². The van der Waals surface area contributed by atoms with Gasteiger partial charge in [-0.2, -0.15) is 0 Å². The Labute approximate surface area is 210 Å². The van der Waals surface area contributed by atoms with E-state index in [9.17, 15) is 14.3 Å². The molecule has 36 heavy (non-hydrogen) atoms. The van der Waals surface area contributed by atoms with Crippen LogP contribution in [0.15, 0.2) is 73.1 Å². The number of amides is 2. The number of aliphatic hydroxyl groups is 1. The molecular weight excluding hydrogens is 455 g/mol. The molecule has 0 saturated carbocycles. The summed E-state index contributed by atoms with van der Waals surface area (Å²) in [6, 6.07) is 17.8. The predicted octanol–water partition coefficient (Wildman–Crippen LogP) is 4.08. The minimum Gasteiger partial charge on any atom is -0.395 e. The quantitative estimate of drug-likeness (QED) is 0.550. The van der Waals surface area contributed by atoms with Gasteiger partial charge in [-0.1, -0.05) is 30.0 Å². The Morgan fingerprint density at radius 1 is 1.06 bits per heavy atom. The number of rotatable bonds is 3. The highest BCUT2D eigenvalue weighted by molar-refractivity contribution is 5.89. The molecule has 6 nitrogen and oxygen atoms in total. The van der Waals surface area contributed by atoms with Crippen LogP contribution in [0.1, 0.15) is 35.4 Å². The Kier molecular flexibility index (Phi) is 7.26. The van der Waals surface area contributed by atoms with E-state index in [4.69, 9.17) is 0 Å². The van der Waals surface area contributed by atoms with Crippen molar-refractivity contribution in [2.75, 3.05) is 31.6 Å². The van der Waals surface area contributed by atoms with Gasteiger partial charge in [0.1, 0.15) is 5.82 Å². The van der Waals surface area contributed by atoms with Crippen molar-refractivity contribution in [1.29, 1.82) is 0 Å². The second-order valence-electron chi connectivity index (χ2n) is 9.29. The maximum atomic E-state index is 13.6. The number of hydrogen-bond acceptors (Lipinski definition) is 4. The maximum Gasteiger partial charge on any atom is 0.321 e. The van der Waals surface area contributed by atoms with Crippen LogP contribution in [0.4, 0.5) is 14.9 Å². The third-order valence-electron chi connectivity index (χ3n) is 7.04. The topological polar surface area (TPSA) is 68.7 Å². The Morgan fingerprint density at radius 3 is 2.61 bits per heavy atom. The normalized spacial score (nSPS) is 21.7. The van der Waals surface area contributed by atoms with Crippen molar-refractivity contribution in [2.45, 2.75) is 30.8 Å². The minimum atomic E-state index is -0.384. The van der Waals surface area contributed by atoms with Gasteiger partial charge in [-0.05, 0) is 67.4 Å². The van der Waals surface area contributed by atoms with Crippen LogP contribution in [0.25, 0.3) is 0 Å². The zero-order valence-electron chi connectivity index (χ0n) is 20.0. The summed E-state index contributed by atoms with van der Waals surface area (Å²) in [7, 11) is 0. The van der Waals surface area contributed by atoms with Crippen molar-refractivity contribution in [1.82, 2.24) is 14.8 Å². The maximum absolute atomic E-state index is 13.6. The molecule has 1 aromatic heterocycles. The molecule has 0 aliphatic carbocycles. The highest BCUT2D eigenvalue weighted by Crippen LogP contribution is 2.42. The third-order valence-corrected chi connectivity index (χ3v) is 7.04. The largest absolute Gasteiger partial charge is 0.395 e. The minimum absolute atomic E-state index is 0.0218. The van der Waals surface area contributed by atoms with Gasteiger partial charge < -0.3 is 15.3 Å². The summed E-state index contributed by atoms with van der Waals surface area (Å²) in [6.45, 7) is 2.16. The lowest BCUT2D eigenvalue weighted by Gasteiger charge is -2.57. The fourth-order valence-electron chi connectivity index (χ4n) is 5.26. The van der Waals surface area contributed by atoms with Gasteiger partial charge in [0, 0.05) is 60.3 Å². The number of pyridine rings is 1. The highest BCUT2D eigenvalue weighted by Gasteiger charge is 2.49. The van der Waals surface area contributed by atoms with Crippen molar-refractivity contribution in [3.63, 3.8) is 0 Å². The molecule has 2 aromatic carbocycles. The summed E-state index contributed by atoms with van der Waals surface area (Å²) in [5.41, 5.74) is 3.35. The number of carbonyl (C=O) groups excluding carboxylic acids is 1. The monoisotopic (exact) mass is 484 g/mol. The molecule has 2 N–H and O–H groups in total. The SMILES string of the molecule is O=C(Nc1cccc(F)c1)N1CCCCN2[C@H](CO)[C@H](c3ccc(C#Cc4cccnc4)cc3)[C@@H]2C1. The summed E-state index contributed by atoms with van der Waals surface area (Å²) in [6.07, 6.45) is 5.29. The van der Waals surface area contributed by atoms with E-state index in [0.29, 0.717) is 18.8 Å². The van der Waals surface area contributed by atoms with E-state index in [2.05, 4.69) is 39.2 Å². The van der Waals surface area contributed by atoms with E-state index in [-0.39, 0.29) is 36.5 Å². The molecule has 3 heterocycles. The number of anilines is 1. The van der Waals surface area contributed by atoms with Crippen molar-refractivity contribution in [3.8, 4) is 11.8 Å². The number of fused-ring (bicyclic) bond motifs is 1. The number of nitrogens with one attached hydrogen (secondary N) is 1. The Balaban J connectivity index is 1.32. The highest BCUT2D eigenvalue weighted by atomic mass is 19.1. The first-order chi connectivity index (χ1) is 17.6. The number of hydrogen-bond donors (Lipinski definition) is 2. The van der Waals surface area contributed by atoms with Gasteiger partial charge in [0.05, 0.1) is 6.61 Å². The van der Waals surface area contributed by atoms with E-state index in [1.54, 1.807) is 24.5 Å². The Hall–Kier alpha value is -3.73. The molecular formula is C29H29FN4O2. The molecule has 0 bridgehead atoms. The lowest BCUT2D eigenvalue weighted by molar-refractivity contribution is -0.0585. The fraction of sp³-hybridized carbons (Fsp3) is 0.310. The average molecular weight is 485 g/mol. The van der Waals surface area contributed by atoms with E-state index in [1.807, 2.05) is 29.2 Å². The summed E-state index contributed by atoms with van der Waals surface area (Å²) < 4.78 is 13.6. The van der Waals surface area contributed by atoms with Gasteiger partial charge in [-0.25, -0.2) is 9.18 Å². The molecule has 0 spiro atoms. The summed E-state index contributed by atoms with van der Waals surface area (Å²) in [4.78, 5) is 21.3. The van der Waals surface area contributed by atoms with Crippen LogP contribution < -0.4 is 5.32 Å². The standard InChI is InChI=1S/C29H29FN4O2/c30-24-6-3-7-25(17-24)32-29(36)33-15-1-2-16-34-26(19-33)28(27(34)20-35)23-12-10-21(11-13-23)8-9-22-5-4-14-31-18-22/h3-7,10-14,17-18,26-28,35H,1-2,15-16,19-20H2,(H,32,36)/t26-,27+,28+/m0/s1. The second-order valence-corrected chi connectivity index (χ2v) is 9.29. The lowest BCUT2D eigenvalue weighted by atomic mass is 9.74. The number of urea groups is 1. The van der Waals surface area contributed by atoms with Crippen molar-refractivity contribution in [3.05, 3.63) is 95.6 Å². The summed E-state index contributed by atoms with van der Waals surface area (Å²) in [5.74, 6) is 6.02. The van der Waals surface area contributed by atoms with Crippen LogP contribution >= 0.6 is 0 Å². The van der Waals surface area contributed by atoms with E-state index in [0.717, 1.165) is 36.1 Å². The molecule has 2 saturated heterocycles. The molecule has 0 unspecified atom stereocenters. The average Bonchev–Trinajstić information content (AvgIpc) is 2.88. The van der Waals surface area contributed by atoms with E-state index >= 15 is 0 Å². The number of aromatic nitrogens is 1. The number of carbonyl (C=O) groups is 1. The first-order valence-electron chi connectivity index (χ1n) is 12.3. The molecule has 7 heteroatoms. The first kappa shape index (κ1) is 24.0. The molecule has 2 aliphatic rings. The van der Waals surface area contributed by atoms with Crippen LogP contribution in [-0.2, 0) is 0 Å². The van der Waals surface area contributed by atoms with Crippen LogP contribution in [0.3, 0.4) is 0 Å². The van der Waals surface area contributed by atoms with Gasteiger partial charge >= 0.3 is 6.03 Å². The molecule has 2 aliphatic heterocycles. The second kappa shape index (κ2) is 10.9. The molecule has 3 atom stereocenters. The predicted molar refractivity (Wildman–Crippen MR) is 137 cm³/mol. The van der Waals surface area contributed by atoms with Crippen LogP contribution in [0.5, 0.6) is 0 Å². The third kappa shape index (κ3) is 5.25. The molecule has 2 fully saturated rings. The molecule has 5 rings (SSSR count). The smallest absolute Gasteiger partial charge is 0.321 e. The molecule has 0 radical (unpaired) electrons. The number of aliphatic hydroxyl groups excluding tert-OH is 1. The number of benzene rings is 2. The van der Waals surface area contributed by atoms with Gasteiger partial charge in [0.15, 0.2) is 0 Å². The fourth-order valence-corrected chi connectivity index (χ4v) is 5.26. The number of nitrogens with zero attached hydrogens (tertiary/aromatic N) is 3. The van der Waals surface area contributed by atoms with Gasteiger partial charge in [0.25, 0.3) is 0 Å². The van der Waals surface area contributed by atoms with Crippen LogP contribution in [0.2, 0.25) is 0 Å². The van der Waals surface area contributed by atoms with Crippen LogP contribution in [-0.4, -0.2) is 64.2 Å².